The summed E-state index contributed by atoms with van der Waals surface area (Å²) >= 11 is 0. The zero-order chi connectivity index (χ0) is 21.2. The van der Waals surface area contributed by atoms with Gasteiger partial charge >= 0.3 is 21.3 Å². The highest BCUT2D eigenvalue weighted by Crippen LogP contribution is 2.61. The fourth-order valence-electron chi connectivity index (χ4n) is 5.43. The van der Waals surface area contributed by atoms with Crippen molar-refractivity contribution in [2.75, 3.05) is 12.4 Å². The first kappa shape index (κ1) is 22.2. The molecular formula is C15H22F4O7S2. The van der Waals surface area contributed by atoms with Gasteiger partial charge in [-0.25, -0.2) is 0 Å². The molecule has 2 atom stereocenters. The summed E-state index contributed by atoms with van der Waals surface area (Å²) < 4.78 is 111. The van der Waals surface area contributed by atoms with E-state index in [-0.39, 0.29) is 18.4 Å². The fourth-order valence-corrected chi connectivity index (χ4v) is 6.97. The van der Waals surface area contributed by atoms with E-state index < -0.39 is 54.6 Å². The quantitative estimate of drug-likeness (QED) is 0.328. The number of rotatable bonds is 8. The molecule has 0 aliphatic heterocycles. The van der Waals surface area contributed by atoms with Crippen LogP contribution in [0.5, 0.6) is 0 Å². The molecule has 4 fully saturated rings. The molecule has 0 aromatic rings. The second-order valence-corrected chi connectivity index (χ2v) is 11.9. The first-order valence-electron chi connectivity index (χ1n) is 8.80. The number of hydrogen-bond donors (Lipinski definition) is 2. The number of aliphatic hydroxyl groups is 1. The van der Waals surface area contributed by atoms with Crippen LogP contribution in [0.4, 0.5) is 17.6 Å². The Morgan fingerprint density at radius 3 is 2.00 bits per heavy atom. The van der Waals surface area contributed by atoms with Crippen molar-refractivity contribution in [1.82, 2.24) is 0 Å². The van der Waals surface area contributed by atoms with E-state index in [9.17, 15) is 39.5 Å². The van der Waals surface area contributed by atoms with Crippen molar-refractivity contribution in [3.05, 3.63) is 0 Å². The summed E-state index contributed by atoms with van der Waals surface area (Å²) in [6.07, 6.45) is 1.78. The maximum atomic E-state index is 13.5. The summed E-state index contributed by atoms with van der Waals surface area (Å²) in [5.41, 5.74) is -1.49. The monoisotopic (exact) mass is 454 g/mol. The number of halogens is 4. The van der Waals surface area contributed by atoms with Crippen molar-refractivity contribution >= 4 is 20.2 Å². The molecule has 7 nitrogen and oxygen atoms in total. The van der Waals surface area contributed by atoms with Crippen molar-refractivity contribution in [1.29, 1.82) is 0 Å². The first-order chi connectivity index (χ1) is 12.5. The predicted molar refractivity (Wildman–Crippen MR) is 87.9 cm³/mol. The van der Waals surface area contributed by atoms with Gasteiger partial charge in [-0.05, 0) is 55.8 Å². The van der Waals surface area contributed by atoms with Gasteiger partial charge in [0.15, 0.2) is 0 Å². The molecule has 0 radical (unpaired) electrons. The van der Waals surface area contributed by atoms with Gasteiger partial charge in [0, 0.05) is 6.42 Å². The van der Waals surface area contributed by atoms with Crippen LogP contribution in [0.15, 0.2) is 0 Å². The van der Waals surface area contributed by atoms with E-state index in [0.29, 0.717) is 32.1 Å². The van der Waals surface area contributed by atoms with Crippen molar-refractivity contribution in [2.24, 2.45) is 17.3 Å². The van der Waals surface area contributed by atoms with Crippen LogP contribution in [0.2, 0.25) is 0 Å². The van der Waals surface area contributed by atoms with E-state index in [2.05, 4.69) is 0 Å². The molecule has 4 aliphatic rings. The Balaban J connectivity index is 1.62. The van der Waals surface area contributed by atoms with Gasteiger partial charge in [-0.3, -0.25) is 8.74 Å². The van der Waals surface area contributed by atoms with Gasteiger partial charge in [-0.2, -0.15) is 34.4 Å². The zero-order valence-corrected chi connectivity index (χ0v) is 16.4. The summed E-state index contributed by atoms with van der Waals surface area (Å²) in [7, 11) is -11.1. The van der Waals surface area contributed by atoms with Crippen molar-refractivity contribution in [3.63, 3.8) is 0 Å². The van der Waals surface area contributed by atoms with E-state index in [1.807, 2.05) is 0 Å². The lowest BCUT2D eigenvalue weighted by atomic mass is 9.48. The third-order valence-corrected chi connectivity index (χ3v) is 8.24. The topological polar surface area (TPSA) is 118 Å². The standard InChI is InChI=1S/C15H22F4O7S2/c16-14(17,15(18,19)28(23,24)25)1-2-27(21,22)26-9-12-4-10-3-11(5-12)7-13(20,6-10)8-12/h10-11,20H,1-9H2,(H,23,24,25). The highest BCUT2D eigenvalue weighted by atomic mass is 32.2. The van der Waals surface area contributed by atoms with Crippen LogP contribution in [0.1, 0.15) is 44.9 Å². The largest absolute Gasteiger partial charge is 0.431 e. The summed E-state index contributed by atoms with van der Waals surface area (Å²) in [6, 6.07) is 0. The molecular weight excluding hydrogens is 432 g/mol. The van der Waals surface area contributed by atoms with Gasteiger partial charge < -0.3 is 5.11 Å². The van der Waals surface area contributed by atoms with Gasteiger partial charge in [-0.15, -0.1) is 0 Å². The van der Waals surface area contributed by atoms with Crippen LogP contribution in [0.25, 0.3) is 0 Å². The first-order valence-corrected chi connectivity index (χ1v) is 11.8. The SMILES string of the molecule is O=S(=O)(CCC(F)(F)C(F)(F)S(=O)(=O)O)OCC12CC3CC(CC(O)(C3)C1)C2. The lowest BCUT2D eigenvalue weighted by Gasteiger charge is -2.60. The Morgan fingerprint density at radius 1 is 1.00 bits per heavy atom. The third-order valence-electron chi connectivity index (χ3n) is 6.11. The molecule has 4 aliphatic carbocycles. The van der Waals surface area contributed by atoms with E-state index in [1.165, 1.54) is 0 Å². The maximum absolute atomic E-state index is 13.5. The van der Waals surface area contributed by atoms with Gasteiger partial charge in [-0.1, -0.05) is 0 Å². The van der Waals surface area contributed by atoms with Gasteiger partial charge in [0.2, 0.25) is 0 Å². The average molecular weight is 454 g/mol. The minimum Gasteiger partial charge on any atom is -0.390 e. The van der Waals surface area contributed by atoms with Gasteiger partial charge in [0.1, 0.15) is 0 Å². The molecule has 4 rings (SSSR count). The minimum absolute atomic E-state index is 0.232. The van der Waals surface area contributed by atoms with Crippen LogP contribution in [-0.2, 0) is 24.4 Å². The van der Waals surface area contributed by atoms with Crippen molar-refractivity contribution in [3.8, 4) is 0 Å². The van der Waals surface area contributed by atoms with E-state index in [4.69, 9.17) is 8.74 Å². The molecule has 13 heteroatoms. The smallest absolute Gasteiger partial charge is 0.390 e. The zero-order valence-electron chi connectivity index (χ0n) is 14.8. The molecule has 2 N–H and O–H groups in total. The maximum Gasteiger partial charge on any atom is 0.431 e. The Bertz CT molecular complexity index is 826. The van der Waals surface area contributed by atoms with E-state index >= 15 is 0 Å². The van der Waals surface area contributed by atoms with E-state index in [0.717, 1.165) is 6.42 Å². The molecule has 0 spiro atoms. The summed E-state index contributed by atoms with van der Waals surface area (Å²) in [5.74, 6) is -6.38. The number of hydrogen-bond acceptors (Lipinski definition) is 6. The molecule has 0 amide bonds. The molecule has 0 aromatic heterocycles. The average Bonchev–Trinajstić information content (AvgIpc) is 2.48. The van der Waals surface area contributed by atoms with Gasteiger partial charge in [0.25, 0.3) is 10.1 Å². The number of alkyl halides is 4. The molecule has 0 heterocycles. The van der Waals surface area contributed by atoms with Crippen molar-refractivity contribution < 1.29 is 48.2 Å². The third kappa shape index (κ3) is 4.05. The van der Waals surface area contributed by atoms with Crippen LogP contribution in [0, 0.1) is 17.3 Å². The summed E-state index contributed by atoms with van der Waals surface area (Å²) in [4.78, 5) is 0. The second kappa shape index (κ2) is 6.50. The predicted octanol–water partition coefficient (Wildman–Crippen LogP) is 2.17. The fraction of sp³-hybridized carbons (Fsp3) is 1.00. The molecule has 164 valence electrons. The molecule has 4 bridgehead atoms. The lowest BCUT2D eigenvalue weighted by molar-refractivity contribution is -0.172. The van der Waals surface area contributed by atoms with E-state index in [1.54, 1.807) is 0 Å². The Morgan fingerprint density at radius 2 is 1.54 bits per heavy atom. The second-order valence-electron chi connectivity index (χ2n) is 8.66. The summed E-state index contributed by atoms with van der Waals surface area (Å²) in [6.45, 7) is -0.342. The van der Waals surface area contributed by atoms with Crippen LogP contribution in [-0.4, -0.2) is 55.6 Å². The molecule has 2 unspecified atom stereocenters. The highest BCUT2D eigenvalue weighted by Gasteiger charge is 2.65. The van der Waals surface area contributed by atoms with Gasteiger partial charge in [0.05, 0.1) is 18.0 Å². The Kier molecular flexibility index (Phi) is 5.15. The Labute approximate surface area is 160 Å². The molecule has 28 heavy (non-hydrogen) atoms. The minimum atomic E-state index is -6.42. The van der Waals surface area contributed by atoms with Crippen LogP contribution < -0.4 is 0 Å². The van der Waals surface area contributed by atoms with Crippen LogP contribution >= 0.6 is 0 Å². The molecule has 0 saturated heterocycles. The molecule has 0 aromatic carbocycles. The van der Waals surface area contributed by atoms with Crippen LogP contribution in [0.3, 0.4) is 0 Å². The Hall–Kier alpha value is -0.500. The highest BCUT2D eigenvalue weighted by molar-refractivity contribution is 7.87. The lowest BCUT2D eigenvalue weighted by Crippen LogP contribution is -2.57. The molecule has 4 saturated carbocycles. The normalized spacial score (nSPS) is 36.1. The van der Waals surface area contributed by atoms with Crippen molar-refractivity contribution in [2.45, 2.75) is 61.7 Å². The summed E-state index contributed by atoms with van der Waals surface area (Å²) in [5, 5.41) is 4.78.